The van der Waals surface area contributed by atoms with Crippen molar-refractivity contribution in [1.82, 2.24) is 15.0 Å². The zero-order chi connectivity index (χ0) is 39.4. The molecule has 0 atom stereocenters. The molecule has 0 bridgehead atoms. The van der Waals surface area contributed by atoms with Crippen molar-refractivity contribution in [2.45, 2.75) is 0 Å². The first-order chi connectivity index (χ1) is 27.5. The molecule has 0 amide bonds. The molecule has 3 heterocycles. The van der Waals surface area contributed by atoms with Gasteiger partial charge in [-0.05, 0) is 58.9 Å². The highest BCUT2D eigenvalue weighted by Gasteiger charge is 2.19. The number of rotatable bonds is 4. The smallest absolute Gasteiger partial charge is 0.164 e. The molecule has 0 aliphatic rings. The number of aromatic nitrogens is 3. The van der Waals surface area contributed by atoms with Crippen molar-refractivity contribution in [1.29, 1.82) is 0 Å². The topological polar surface area (TPSA) is 65.0 Å². The van der Waals surface area contributed by atoms with Crippen LogP contribution in [0.4, 0.5) is 0 Å². The molecule has 48 heavy (non-hydrogen) atoms. The largest absolute Gasteiger partial charge is 0.456 e. The number of benzene rings is 7. The van der Waals surface area contributed by atoms with Crippen molar-refractivity contribution < 1.29 is 21.2 Å². The quantitative estimate of drug-likeness (QED) is 0.195. The zero-order valence-electron chi connectivity index (χ0n) is 33.9. The lowest BCUT2D eigenvalue weighted by Crippen LogP contribution is -2.00. The molecule has 10 aromatic rings. The lowest BCUT2D eigenvalue weighted by Gasteiger charge is -2.09. The van der Waals surface area contributed by atoms with E-state index >= 15 is 0 Å². The van der Waals surface area contributed by atoms with E-state index in [2.05, 4.69) is 6.07 Å². The third-order valence-corrected chi connectivity index (χ3v) is 8.42. The van der Waals surface area contributed by atoms with Crippen LogP contribution in [0.15, 0.2) is 160 Å². The molecule has 0 fully saturated rings. The summed E-state index contributed by atoms with van der Waals surface area (Å²) < 4.78 is 91.7. The maximum atomic E-state index is 9.56. The van der Waals surface area contributed by atoms with E-state index < -0.39 is 48.3 Å². The average Bonchev–Trinajstić information content (AvgIpc) is 3.83. The van der Waals surface area contributed by atoms with Crippen LogP contribution < -0.4 is 0 Å². The fourth-order valence-electron chi connectivity index (χ4n) is 6.17. The molecular formula is C43H25N3O2. The van der Waals surface area contributed by atoms with Crippen LogP contribution in [-0.2, 0) is 0 Å². The van der Waals surface area contributed by atoms with Gasteiger partial charge in [-0.15, -0.1) is 0 Å². The molecule has 0 saturated heterocycles. The molecule has 0 unspecified atom stereocenters. The van der Waals surface area contributed by atoms with E-state index in [4.69, 9.17) is 33.4 Å². The number of hydrogen-bond donors (Lipinski definition) is 0. The summed E-state index contributed by atoms with van der Waals surface area (Å²) in [5, 5.41) is 1.04. The summed E-state index contributed by atoms with van der Waals surface area (Å²) >= 11 is 0. The van der Waals surface area contributed by atoms with Crippen LogP contribution in [0.2, 0.25) is 0 Å². The SMILES string of the molecule is [2H]c1c(-c2nc(-c3ccccc3)nc(-c3cccc4oc5ccc(-c6ccccc6)cc5c34)n2)c([2H])c2c(oc3c4c([2H])c([2H])c([2H])c([2H])c4c([2H])c([2H])c32)c1[2H]. The van der Waals surface area contributed by atoms with E-state index in [-0.39, 0.29) is 61.8 Å². The first-order valence-electron chi connectivity index (χ1n) is 19.7. The molecule has 3 aromatic heterocycles. The summed E-state index contributed by atoms with van der Waals surface area (Å²) in [5.41, 5.74) is 3.93. The Balaban J connectivity index is 1.28. The Morgan fingerprint density at radius 1 is 0.458 bits per heavy atom. The van der Waals surface area contributed by atoms with Crippen LogP contribution in [0, 0.1) is 0 Å². The molecule has 5 nitrogen and oxygen atoms in total. The minimum Gasteiger partial charge on any atom is -0.456 e. The van der Waals surface area contributed by atoms with Gasteiger partial charge < -0.3 is 8.83 Å². The van der Waals surface area contributed by atoms with Gasteiger partial charge in [0.25, 0.3) is 0 Å². The van der Waals surface area contributed by atoms with Gasteiger partial charge >= 0.3 is 0 Å². The van der Waals surface area contributed by atoms with Crippen LogP contribution in [0.3, 0.4) is 0 Å². The number of hydrogen-bond acceptors (Lipinski definition) is 5. The van der Waals surface area contributed by atoms with Crippen LogP contribution in [0.1, 0.15) is 12.3 Å². The molecule has 0 radical (unpaired) electrons. The fourth-order valence-corrected chi connectivity index (χ4v) is 6.17. The molecule has 0 N–H and O–H groups in total. The van der Waals surface area contributed by atoms with Crippen molar-refractivity contribution in [3.63, 3.8) is 0 Å². The lowest BCUT2D eigenvalue weighted by molar-refractivity contribution is 0.669. The van der Waals surface area contributed by atoms with Crippen molar-refractivity contribution in [3.8, 4) is 45.3 Å². The van der Waals surface area contributed by atoms with E-state index in [0.717, 1.165) is 21.9 Å². The second kappa shape index (κ2) is 10.5. The van der Waals surface area contributed by atoms with E-state index in [9.17, 15) is 2.74 Å². The highest BCUT2D eigenvalue weighted by Crippen LogP contribution is 2.39. The highest BCUT2D eigenvalue weighted by molar-refractivity contribution is 6.16. The fraction of sp³-hybridized carbons (Fsp3) is 0. The van der Waals surface area contributed by atoms with Gasteiger partial charge in [-0.1, -0.05) is 109 Å². The van der Waals surface area contributed by atoms with Crippen LogP contribution >= 0.6 is 0 Å². The first kappa shape index (κ1) is 19.2. The molecule has 0 saturated carbocycles. The zero-order valence-corrected chi connectivity index (χ0v) is 24.9. The minimum atomic E-state index is -0.565. The molecular weight excluding hydrogens is 590 g/mol. The first-order valence-corrected chi connectivity index (χ1v) is 15.2. The number of furan rings is 2. The molecule has 5 heteroatoms. The minimum absolute atomic E-state index is 0.0755. The molecule has 10 rings (SSSR count). The van der Waals surface area contributed by atoms with E-state index in [1.165, 1.54) is 0 Å². The summed E-state index contributed by atoms with van der Waals surface area (Å²) in [6.45, 7) is 0. The van der Waals surface area contributed by atoms with Gasteiger partial charge in [-0.25, -0.2) is 15.0 Å². The van der Waals surface area contributed by atoms with Crippen molar-refractivity contribution in [2.24, 2.45) is 0 Å². The highest BCUT2D eigenvalue weighted by atomic mass is 16.3. The summed E-state index contributed by atoms with van der Waals surface area (Å²) in [5.74, 6) is 0.370. The van der Waals surface area contributed by atoms with Gasteiger partial charge in [0.15, 0.2) is 17.5 Å². The van der Waals surface area contributed by atoms with Gasteiger partial charge in [0.1, 0.15) is 22.3 Å². The normalized spacial score (nSPS) is 14.4. The van der Waals surface area contributed by atoms with Gasteiger partial charge in [-0.2, -0.15) is 0 Å². The molecule has 7 aromatic carbocycles. The van der Waals surface area contributed by atoms with Gasteiger partial charge in [-0.3, -0.25) is 0 Å². The monoisotopic (exact) mass is 624 g/mol. The summed E-state index contributed by atoms with van der Waals surface area (Å²) in [6.07, 6.45) is 0. The molecule has 0 spiro atoms. The van der Waals surface area contributed by atoms with Crippen molar-refractivity contribution in [3.05, 3.63) is 151 Å². The Bertz CT molecular complexity index is 3350. The van der Waals surface area contributed by atoms with Crippen molar-refractivity contribution in [2.75, 3.05) is 0 Å². The Labute approximate surface area is 287 Å². The third-order valence-electron chi connectivity index (χ3n) is 8.42. The molecule has 224 valence electrons. The Morgan fingerprint density at radius 3 is 2.08 bits per heavy atom. The number of fused-ring (bicyclic) bond motifs is 8. The predicted octanol–water partition coefficient (Wildman–Crippen LogP) is 11.5. The van der Waals surface area contributed by atoms with Crippen LogP contribution in [-0.4, -0.2) is 15.0 Å². The molecule has 0 aliphatic carbocycles. The summed E-state index contributed by atoms with van der Waals surface area (Å²) in [7, 11) is 0. The van der Waals surface area contributed by atoms with Gasteiger partial charge in [0, 0.05) is 43.6 Å². The second-order valence-corrected chi connectivity index (χ2v) is 11.3. The molecule has 0 aliphatic heterocycles. The van der Waals surface area contributed by atoms with Crippen LogP contribution in [0.25, 0.3) is 99.9 Å². The standard InChI is InChI=1S/C43H25N3O2/c1-3-10-26(11-4-1)29-19-22-37-35(24-29)39-33(16-9-17-38(39)47-37)43-45-41(28-13-5-2-6-14-28)44-42(46-43)30-20-23-36-34(25-30)32-21-18-27-12-7-8-15-31(27)40(32)48-36/h1-25H/i7D,8D,12D,15D,18D,20D,21D,23D,25D. The van der Waals surface area contributed by atoms with Crippen LogP contribution in [0.5, 0.6) is 0 Å². The third kappa shape index (κ3) is 4.22. The van der Waals surface area contributed by atoms with Crippen molar-refractivity contribution >= 4 is 54.6 Å². The van der Waals surface area contributed by atoms with E-state index in [1.807, 2.05) is 91.0 Å². The van der Waals surface area contributed by atoms with Gasteiger partial charge in [0.05, 0.1) is 12.3 Å². The second-order valence-electron chi connectivity index (χ2n) is 11.3. The Hall–Kier alpha value is -6.59. The van der Waals surface area contributed by atoms with Gasteiger partial charge in [0.2, 0.25) is 0 Å². The summed E-state index contributed by atoms with van der Waals surface area (Å²) in [4.78, 5) is 14.6. The van der Waals surface area contributed by atoms with E-state index in [1.54, 1.807) is 0 Å². The average molecular weight is 625 g/mol. The van der Waals surface area contributed by atoms with E-state index in [0.29, 0.717) is 22.3 Å². The Kier molecular flexibility index (Phi) is 4.18. The summed E-state index contributed by atoms with van der Waals surface area (Å²) in [6, 6.07) is 26.4. The number of nitrogens with zero attached hydrogens (tertiary/aromatic N) is 3. The predicted molar refractivity (Wildman–Crippen MR) is 194 cm³/mol. The maximum Gasteiger partial charge on any atom is 0.164 e. The maximum absolute atomic E-state index is 9.56. The lowest BCUT2D eigenvalue weighted by atomic mass is 10.0. The Morgan fingerprint density at radius 2 is 1.23 bits per heavy atom.